The van der Waals surface area contributed by atoms with Crippen LogP contribution in [0.2, 0.25) is 5.02 Å². The fourth-order valence-corrected chi connectivity index (χ4v) is 2.67. The highest BCUT2D eigenvalue weighted by atomic mass is 35.5. The van der Waals surface area contributed by atoms with Gasteiger partial charge in [0.2, 0.25) is 5.95 Å². The van der Waals surface area contributed by atoms with Gasteiger partial charge >= 0.3 is 5.69 Å². The fourth-order valence-electron chi connectivity index (χ4n) is 1.42. The maximum Gasteiger partial charge on any atom is 0.319 e. The van der Waals surface area contributed by atoms with Crippen LogP contribution in [0.4, 0.5) is 11.6 Å². The van der Waals surface area contributed by atoms with E-state index in [-0.39, 0.29) is 16.7 Å². The Labute approximate surface area is 123 Å². The molecule has 1 heterocycles. The van der Waals surface area contributed by atoms with Crippen LogP contribution < -0.4 is 11.3 Å². The number of halogens is 1. The zero-order chi connectivity index (χ0) is 14.5. The van der Waals surface area contributed by atoms with Crippen LogP contribution in [-0.2, 0) is 5.75 Å². The van der Waals surface area contributed by atoms with Gasteiger partial charge in [-0.3, -0.25) is 15.5 Å². The van der Waals surface area contributed by atoms with Gasteiger partial charge in [0.05, 0.1) is 4.92 Å². The molecule has 0 aliphatic carbocycles. The van der Waals surface area contributed by atoms with Gasteiger partial charge in [0.25, 0.3) is 0 Å². The molecule has 0 fully saturated rings. The van der Waals surface area contributed by atoms with Gasteiger partial charge in [-0.2, -0.15) is 4.98 Å². The summed E-state index contributed by atoms with van der Waals surface area (Å²) in [5, 5.41) is 11.8. The van der Waals surface area contributed by atoms with E-state index >= 15 is 0 Å². The summed E-state index contributed by atoms with van der Waals surface area (Å²) in [5.74, 6) is 5.78. The van der Waals surface area contributed by atoms with Gasteiger partial charge < -0.3 is 0 Å². The first-order valence-corrected chi connectivity index (χ1v) is 6.82. The van der Waals surface area contributed by atoms with Gasteiger partial charge in [0.1, 0.15) is 6.20 Å². The average molecular weight is 312 g/mol. The van der Waals surface area contributed by atoms with E-state index in [0.29, 0.717) is 10.8 Å². The topological polar surface area (TPSA) is 107 Å². The van der Waals surface area contributed by atoms with Crippen molar-refractivity contribution in [1.82, 2.24) is 9.97 Å². The molecule has 0 atom stereocenters. The molecular weight excluding hydrogens is 302 g/mol. The smallest absolute Gasteiger partial charge is 0.292 e. The van der Waals surface area contributed by atoms with Crippen molar-refractivity contribution in [2.75, 3.05) is 5.43 Å². The Morgan fingerprint density at radius 3 is 2.85 bits per heavy atom. The van der Waals surface area contributed by atoms with Crippen molar-refractivity contribution in [2.45, 2.75) is 10.8 Å². The Balaban J connectivity index is 2.24. The summed E-state index contributed by atoms with van der Waals surface area (Å²) in [6.07, 6.45) is 1.12. The van der Waals surface area contributed by atoms with Gasteiger partial charge in [-0.25, -0.2) is 10.8 Å². The minimum Gasteiger partial charge on any atom is -0.292 e. The van der Waals surface area contributed by atoms with Crippen LogP contribution in [0.5, 0.6) is 0 Å². The number of rotatable bonds is 5. The van der Waals surface area contributed by atoms with E-state index in [4.69, 9.17) is 17.4 Å². The largest absolute Gasteiger partial charge is 0.319 e. The molecule has 1 aromatic heterocycles. The quantitative estimate of drug-likeness (QED) is 0.287. The Bertz CT molecular complexity index is 640. The SMILES string of the molecule is NNc1ncc([N+](=O)[O-])c(SCc2ccccc2Cl)n1. The van der Waals surface area contributed by atoms with E-state index in [0.717, 1.165) is 11.8 Å². The van der Waals surface area contributed by atoms with Crippen LogP contribution in [0.15, 0.2) is 35.5 Å². The average Bonchev–Trinajstić information content (AvgIpc) is 2.46. The Morgan fingerprint density at radius 2 is 2.20 bits per heavy atom. The summed E-state index contributed by atoms with van der Waals surface area (Å²) < 4.78 is 0. The van der Waals surface area contributed by atoms with Crippen LogP contribution in [-0.4, -0.2) is 14.9 Å². The molecule has 0 amide bonds. The van der Waals surface area contributed by atoms with Crippen molar-refractivity contribution in [2.24, 2.45) is 5.84 Å². The predicted molar refractivity (Wildman–Crippen MR) is 77.5 cm³/mol. The number of aromatic nitrogens is 2. The van der Waals surface area contributed by atoms with Crippen LogP contribution in [0.25, 0.3) is 0 Å². The van der Waals surface area contributed by atoms with E-state index in [1.54, 1.807) is 6.07 Å². The second-order valence-corrected chi connectivity index (χ2v) is 5.04. The van der Waals surface area contributed by atoms with Crippen LogP contribution in [0.1, 0.15) is 5.56 Å². The lowest BCUT2D eigenvalue weighted by Crippen LogP contribution is -2.11. The number of nitrogens with two attached hydrogens (primary N) is 1. The van der Waals surface area contributed by atoms with Gasteiger partial charge in [-0.05, 0) is 11.6 Å². The fraction of sp³-hybridized carbons (Fsp3) is 0.0909. The molecule has 20 heavy (non-hydrogen) atoms. The number of hydrogen-bond donors (Lipinski definition) is 2. The number of benzene rings is 1. The van der Waals surface area contributed by atoms with E-state index in [9.17, 15) is 10.1 Å². The molecule has 7 nitrogen and oxygen atoms in total. The molecule has 1 aromatic carbocycles. The molecule has 0 aliphatic heterocycles. The van der Waals surface area contributed by atoms with Crippen molar-refractivity contribution < 1.29 is 4.92 Å². The lowest BCUT2D eigenvalue weighted by molar-refractivity contribution is -0.388. The maximum absolute atomic E-state index is 10.9. The molecule has 0 saturated carbocycles. The zero-order valence-electron chi connectivity index (χ0n) is 10.1. The van der Waals surface area contributed by atoms with Gasteiger partial charge in [-0.15, -0.1) is 0 Å². The molecule has 0 radical (unpaired) electrons. The second-order valence-electron chi connectivity index (χ2n) is 3.67. The van der Waals surface area contributed by atoms with Crippen molar-refractivity contribution in [3.8, 4) is 0 Å². The first-order valence-electron chi connectivity index (χ1n) is 5.46. The van der Waals surface area contributed by atoms with Crippen molar-refractivity contribution in [1.29, 1.82) is 0 Å². The highest BCUT2D eigenvalue weighted by Gasteiger charge is 2.18. The number of nitro groups is 1. The van der Waals surface area contributed by atoms with Gasteiger partial charge in [0.15, 0.2) is 5.03 Å². The van der Waals surface area contributed by atoms with E-state index in [2.05, 4.69) is 15.4 Å². The van der Waals surface area contributed by atoms with E-state index in [1.165, 1.54) is 11.8 Å². The number of anilines is 1. The van der Waals surface area contributed by atoms with Crippen LogP contribution >= 0.6 is 23.4 Å². The summed E-state index contributed by atoms with van der Waals surface area (Å²) in [6.45, 7) is 0. The predicted octanol–water partition coefficient (Wildman–Crippen LogP) is 2.62. The molecule has 3 N–H and O–H groups in total. The minimum atomic E-state index is -0.533. The molecule has 2 rings (SSSR count). The normalized spacial score (nSPS) is 10.3. The van der Waals surface area contributed by atoms with Gasteiger partial charge in [0, 0.05) is 10.8 Å². The molecule has 0 unspecified atom stereocenters. The summed E-state index contributed by atoms with van der Waals surface area (Å²) in [6, 6.07) is 7.28. The Hall–Kier alpha value is -1.90. The first-order chi connectivity index (χ1) is 9.61. The number of hydrogen-bond acceptors (Lipinski definition) is 7. The molecule has 0 spiro atoms. The Kier molecular flexibility index (Phi) is 4.72. The summed E-state index contributed by atoms with van der Waals surface area (Å²) in [4.78, 5) is 18.1. The molecule has 0 bridgehead atoms. The summed E-state index contributed by atoms with van der Waals surface area (Å²) >= 11 is 7.24. The highest BCUT2D eigenvalue weighted by Crippen LogP contribution is 2.31. The molecule has 9 heteroatoms. The van der Waals surface area contributed by atoms with Crippen molar-refractivity contribution >= 4 is 35.0 Å². The molecular formula is C11H10ClN5O2S. The maximum atomic E-state index is 10.9. The van der Waals surface area contributed by atoms with E-state index < -0.39 is 4.92 Å². The monoisotopic (exact) mass is 311 g/mol. The van der Waals surface area contributed by atoms with Crippen molar-refractivity contribution in [3.05, 3.63) is 51.2 Å². The van der Waals surface area contributed by atoms with Gasteiger partial charge in [-0.1, -0.05) is 41.6 Å². The highest BCUT2D eigenvalue weighted by molar-refractivity contribution is 7.98. The number of nitrogens with one attached hydrogen (secondary N) is 1. The van der Waals surface area contributed by atoms with E-state index in [1.807, 2.05) is 18.2 Å². The summed E-state index contributed by atoms with van der Waals surface area (Å²) in [7, 11) is 0. The third-order valence-electron chi connectivity index (χ3n) is 2.38. The van der Waals surface area contributed by atoms with Crippen molar-refractivity contribution in [3.63, 3.8) is 0 Å². The molecule has 0 aliphatic rings. The zero-order valence-corrected chi connectivity index (χ0v) is 11.7. The van der Waals surface area contributed by atoms with Crippen LogP contribution in [0, 0.1) is 10.1 Å². The Morgan fingerprint density at radius 1 is 1.45 bits per heavy atom. The summed E-state index contributed by atoms with van der Waals surface area (Å²) in [5.41, 5.74) is 2.96. The molecule has 2 aromatic rings. The standard InChI is InChI=1S/C11H10ClN5O2S/c12-8-4-2-1-3-7(8)6-20-10-9(17(18)19)5-14-11(15-10)16-13/h1-5H,6,13H2,(H,14,15,16). The number of nitrogen functional groups attached to an aromatic ring is 1. The lowest BCUT2D eigenvalue weighted by atomic mass is 10.2. The third-order valence-corrected chi connectivity index (χ3v) is 3.78. The minimum absolute atomic E-state index is 0.122. The van der Waals surface area contributed by atoms with Crippen LogP contribution in [0.3, 0.4) is 0 Å². The number of nitrogens with zero attached hydrogens (tertiary/aromatic N) is 3. The molecule has 104 valence electrons. The first kappa shape index (κ1) is 14.5. The lowest BCUT2D eigenvalue weighted by Gasteiger charge is -2.05. The number of hydrazine groups is 1. The third kappa shape index (κ3) is 3.35. The second kappa shape index (κ2) is 6.51. The number of thioether (sulfide) groups is 1. The molecule has 0 saturated heterocycles.